The third kappa shape index (κ3) is 2.42. The van der Waals surface area contributed by atoms with Crippen molar-refractivity contribution in [2.24, 2.45) is 5.84 Å². The first-order chi connectivity index (χ1) is 9.79. The van der Waals surface area contributed by atoms with Gasteiger partial charge in [-0.2, -0.15) is 0 Å². The molecule has 3 N–H and O–H groups in total. The number of hydrazine groups is 1. The minimum atomic E-state index is -0.341. The van der Waals surface area contributed by atoms with Crippen molar-refractivity contribution in [2.75, 3.05) is 0 Å². The number of rotatable bonds is 3. The molecule has 0 saturated heterocycles. The van der Waals surface area contributed by atoms with Gasteiger partial charge >= 0.3 is 0 Å². The van der Waals surface area contributed by atoms with Crippen molar-refractivity contribution in [2.45, 2.75) is 31.2 Å². The number of halogens is 1. The zero-order valence-corrected chi connectivity index (χ0v) is 11.1. The molecule has 104 valence electrons. The Morgan fingerprint density at radius 3 is 2.95 bits per heavy atom. The van der Waals surface area contributed by atoms with Gasteiger partial charge in [0.05, 0.1) is 17.9 Å². The maximum Gasteiger partial charge on any atom is 0.141 e. The van der Waals surface area contributed by atoms with Gasteiger partial charge in [0, 0.05) is 17.8 Å². The van der Waals surface area contributed by atoms with E-state index in [4.69, 9.17) is 5.84 Å². The minimum Gasteiger partial charge on any atom is -0.271 e. The summed E-state index contributed by atoms with van der Waals surface area (Å²) < 4.78 is 13.0. The summed E-state index contributed by atoms with van der Waals surface area (Å²) in [5, 5.41) is 0. The van der Waals surface area contributed by atoms with Crippen LogP contribution in [0.4, 0.5) is 4.39 Å². The van der Waals surface area contributed by atoms with Crippen molar-refractivity contribution in [1.29, 1.82) is 0 Å². The Bertz CT molecular complexity index is 585. The van der Waals surface area contributed by atoms with Crippen LogP contribution in [0.2, 0.25) is 0 Å². The first kappa shape index (κ1) is 13.1. The topological polar surface area (TPSA) is 63.8 Å². The van der Waals surface area contributed by atoms with Crippen molar-refractivity contribution >= 4 is 0 Å². The predicted molar refractivity (Wildman–Crippen MR) is 74.2 cm³/mol. The average Bonchev–Trinajstić information content (AvgIpc) is 2.50. The van der Waals surface area contributed by atoms with Gasteiger partial charge in [0.25, 0.3) is 0 Å². The van der Waals surface area contributed by atoms with E-state index in [0.29, 0.717) is 0 Å². The molecule has 2 aromatic rings. The van der Waals surface area contributed by atoms with E-state index in [-0.39, 0.29) is 17.8 Å². The maximum absolute atomic E-state index is 13.0. The lowest BCUT2D eigenvalue weighted by atomic mass is 9.81. The Hall–Kier alpha value is -1.85. The molecule has 4 nitrogen and oxygen atoms in total. The van der Waals surface area contributed by atoms with Crippen molar-refractivity contribution < 1.29 is 4.39 Å². The molecule has 0 saturated carbocycles. The molecule has 0 aliphatic heterocycles. The van der Waals surface area contributed by atoms with E-state index < -0.39 is 0 Å². The Morgan fingerprint density at radius 1 is 1.30 bits per heavy atom. The van der Waals surface area contributed by atoms with E-state index in [9.17, 15) is 4.39 Å². The van der Waals surface area contributed by atoms with Gasteiger partial charge in [-0.25, -0.2) is 4.39 Å². The SMILES string of the molecule is NNC(c1ccc(F)cn1)C1CCCc2cccnc21. The number of hydrogen-bond donors (Lipinski definition) is 2. The van der Waals surface area contributed by atoms with Gasteiger partial charge in [-0.1, -0.05) is 6.07 Å². The Labute approximate surface area is 117 Å². The van der Waals surface area contributed by atoms with Gasteiger partial charge in [-0.3, -0.25) is 21.2 Å². The van der Waals surface area contributed by atoms with Crippen molar-refractivity contribution in [3.63, 3.8) is 0 Å². The lowest BCUT2D eigenvalue weighted by molar-refractivity contribution is 0.392. The molecule has 20 heavy (non-hydrogen) atoms. The molecular weight excluding hydrogens is 255 g/mol. The number of nitrogens with zero attached hydrogens (tertiary/aromatic N) is 2. The molecule has 2 unspecified atom stereocenters. The first-order valence-electron chi connectivity index (χ1n) is 6.81. The standard InChI is InChI=1S/C15H17FN4/c16-11-6-7-13(19-9-11)15(20-17)12-5-1-3-10-4-2-8-18-14(10)12/h2,4,6-9,12,15,20H,1,3,5,17H2. The van der Waals surface area contributed by atoms with Gasteiger partial charge in [0.1, 0.15) is 5.82 Å². The van der Waals surface area contributed by atoms with E-state index in [2.05, 4.69) is 21.5 Å². The third-order valence-electron chi connectivity index (χ3n) is 3.89. The van der Waals surface area contributed by atoms with Gasteiger partial charge in [0.15, 0.2) is 0 Å². The van der Waals surface area contributed by atoms with Crippen LogP contribution in [-0.2, 0) is 6.42 Å². The van der Waals surface area contributed by atoms with Gasteiger partial charge in [-0.15, -0.1) is 0 Å². The number of aryl methyl sites for hydroxylation is 1. The summed E-state index contributed by atoms with van der Waals surface area (Å²) in [5.41, 5.74) is 5.92. The second-order valence-corrected chi connectivity index (χ2v) is 5.09. The Morgan fingerprint density at radius 2 is 2.20 bits per heavy atom. The summed E-state index contributed by atoms with van der Waals surface area (Å²) >= 11 is 0. The van der Waals surface area contributed by atoms with E-state index in [1.807, 2.05) is 12.3 Å². The maximum atomic E-state index is 13.0. The van der Waals surface area contributed by atoms with Crippen LogP contribution in [0.3, 0.4) is 0 Å². The number of aromatic nitrogens is 2. The molecule has 3 rings (SSSR count). The second-order valence-electron chi connectivity index (χ2n) is 5.09. The fourth-order valence-corrected chi connectivity index (χ4v) is 2.95. The molecule has 0 spiro atoms. The van der Waals surface area contributed by atoms with Crippen LogP contribution in [0.25, 0.3) is 0 Å². The van der Waals surface area contributed by atoms with Crippen molar-refractivity contribution in [3.05, 3.63) is 59.4 Å². The highest BCUT2D eigenvalue weighted by atomic mass is 19.1. The average molecular weight is 272 g/mol. The first-order valence-corrected chi connectivity index (χ1v) is 6.81. The molecule has 0 bridgehead atoms. The highest BCUT2D eigenvalue weighted by Crippen LogP contribution is 2.38. The van der Waals surface area contributed by atoms with Crippen LogP contribution >= 0.6 is 0 Å². The molecule has 1 aliphatic rings. The minimum absolute atomic E-state index is 0.149. The lowest BCUT2D eigenvalue weighted by Crippen LogP contribution is -2.35. The van der Waals surface area contributed by atoms with E-state index in [1.165, 1.54) is 17.8 Å². The van der Waals surface area contributed by atoms with Gasteiger partial charge in [-0.05, 0) is 43.0 Å². The molecule has 0 radical (unpaired) electrons. The highest BCUT2D eigenvalue weighted by Gasteiger charge is 2.30. The predicted octanol–water partition coefficient (Wildman–Crippen LogP) is 2.24. The molecule has 1 aliphatic carbocycles. The summed E-state index contributed by atoms with van der Waals surface area (Å²) in [6, 6.07) is 7.01. The zero-order valence-electron chi connectivity index (χ0n) is 11.1. The van der Waals surface area contributed by atoms with Crippen LogP contribution in [0.15, 0.2) is 36.7 Å². The van der Waals surface area contributed by atoms with Crippen LogP contribution in [0, 0.1) is 5.82 Å². The number of pyridine rings is 2. The highest BCUT2D eigenvalue weighted by molar-refractivity contribution is 5.29. The summed E-state index contributed by atoms with van der Waals surface area (Å²) in [6.45, 7) is 0. The quantitative estimate of drug-likeness (QED) is 0.664. The second kappa shape index (κ2) is 5.64. The normalized spacial score (nSPS) is 19.4. The molecule has 5 heteroatoms. The Kier molecular flexibility index (Phi) is 3.71. The van der Waals surface area contributed by atoms with Gasteiger partial charge < -0.3 is 0 Å². The molecule has 0 amide bonds. The summed E-state index contributed by atoms with van der Waals surface area (Å²) in [4.78, 5) is 8.67. The largest absolute Gasteiger partial charge is 0.271 e. The smallest absolute Gasteiger partial charge is 0.141 e. The molecule has 2 atom stereocenters. The molecule has 2 aromatic heterocycles. The number of fused-ring (bicyclic) bond motifs is 1. The molecule has 0 aromatic carbocycles. The fraction of sp³-hybridized carbons (Fsp3) is 0.333. The summed E-state index contributed by atoms with van der Waals surface area (Å²) in [6.07, 6.45) is 6.18. The lowest BCUT2D eigenvalue weighted by Gasteiger charge is -2.30. The monoisotopic (exact) mass is 272 g/mol. The van der Waals surface area contributed by atoms with Crippen molar-refractivity contribution in [1.82, 2.24) is 15.4 Å². The van der Waals surface area contributed by atoms with Crippen molar-refractivity contribution in [3.8, 4) is 0 Å². The third-order valence-corrected chi connectivity index (χ3v) is 3.89. The van der Waals surface area contributed by atoms with Gasteiger partial charge in [0.2, 0.25) is 0 Å². The van der Waals surface area contributed by atoms with Crippen LogP contribution < -0.4 is 11.3 Å². The zero-order chi connectivity index (χ0) is 13.9. The summed E-state index contributed by atoms with van der Waals surface area (Å²) in [7, 11) is 0. The number of nitrogens with two attached hydrogens (primary N) is 1. The van der Waals surface area contributed by atoms with Crippen LogP contribution in [0.5, 0.6) is 0 Å². The fourth-order valence-electron chi connectivity index (χ4n) is 2.95. The summed E-state index contributed by atoms with van der Waals surface area (Å²) in [5.74, 6) is 5.55. The van der Waals surface area contributed by atoms with Crippen LogP contribution in [0.1, 0.15) is 41.8 Å². The number of hydrogen-bond acceptors (Lipinski definition) is 4. The van der Waals surface area contributed by atoms with E-state index in [0.717, 1.165) is 30.7 Å². The van der Waals surface area contributed by atoms with E-state index >= 15 is 0 Å². The Balaban J connectivity index is 1.96. The molecule has 2 heterocycles. The molecule has 0 fully saturated rings. The number of nitrogens with one attached hydrogen (secondary N) is 1. The molecular formula is C15H17FN4. The van der Waals surface area contributed by atoms with E-state index in [1.54, 1.807) is 6.07 Å². The van der Waals surface area contributed by atoms with Crippen LogP contribution in [-0.4, -0.2) is 9.97 Å².